The Bertz CT molecular complexity index is 434. The lowest BCUT2D eigenvalue weighted by Crippen LogP contribution is -2.52. The fraction of sp³-hybridized carbons (Fsp3) is 0.944. The van der Waals surface area contributed by atoms with E-state index in [0.29, 0.717) is 12.7 Å². The zero-order valence-corrected chi connectivity index (χ0v) is 14.2. The highest BCUT2D eigenvalue weighted by molar-refractivity contribution is 5.77. The lowest BCUT2D eigenvalue weighted by molar-refractivity contribution is -0.138. The molecule has 0 spiro atoms. The highest BCUT2D eigenvalue weighted by Crippen LogP contribution is 2.42. The van der Waals surface area contributed by atoms with Crippen molar-refractivity contribution < 1.29 is 14.3 Å². The number of hydrogen-bond acceptors (Lipinski definition) is 4. The molecule has 0 unspecified atom stereocenters. The van der Waals surface area contributed by atoms with Gasteiger partial charge in [0, 0.05) is 44.7 Å². The molecule has 3 heterocycles. The van der Waals surface area contributed by atoms with Crippen molar-refractivity contribution >= 4 is 5.91 Å². The Hall–Kier alpha value is -0.650. The summed E-state index contributed by atoms with van der Waals surface area (Å²) in [6, 6.07) is 0. The third kappa shape index (κ3) is 3.57. The summed E-state index contributed by atoms with van der Waals surface area (Å²) in [5.41, 5.74) is 0.123. The lowest BCUT2D eigenvalue weighted by atomic mass is 9.77. The van der Waals surface area contributed by atoms with Crippen molar-refractivity contribution in [3.63, 3.8) is 0 Å². The van der Waals surface area contributed by atoms with Gasteiger partial charge in [-0.3, -0.25) is 4.79 Å². The predicted molar refractivity (Wildman–Crippen MR) is 87.2 cm³/mol. The first-order chi connectivity index (χ1) is 11.3. The van der Waals surface area contributed by atoms with E-state index in [0.717, 1.165) is 64.4 Å². The van der Waals surface area contributed by atoms with Gasteiger partial charge in [-0.05, 0) is 44.4 Å². The van der Waals surface area contributed by atoms with Crippen LogP contribution in [-0.4, -0.2) is 74.4 Å². The molecular formula is C18H30N2O3. The second-order valence-corrected chi connectivity index (χ2v) is 8.02. The largest absolute Gasteiger partial charge is 0.377 e. The summed E-state index contributed by atoms with van der Waals surface area (Å²) in [7, 11) is 0. The van der Waals surface area contributed by atoms with E-state index in [4.69, 9.17) is 9.47 Å². The molecule has 4 fully saturated rings. The van der Waals surface area contributed by atoms with Gasteiger partial charge in [-0.1, -0.05) is 0 Å². The molecule has 0 bridgehead atoms. The fourth-order valence-corrected chi connectivity index (χ4v) is 4.57. The summed E-state index contributed by atoms with van der Waals surface area (Å²) in [4.78, 5) is 16.7. The number of piperidine rings is 1. The van der Waals surface area contributed by atoms with Gasteiger partial charge in [0.25, 0.3) is 0 Å². The fourth-order valence-electron chi connectivity index (χ4n) is 4.57. The molecule has 0 aromatic carbocycles. The summed E-state index contributed by atoms with van der Waals surface area (Å²) >= 11 is 0. The summed E-state index contributed by atoms with van der Waals surface area (Å²) < 4.78 is 11.9. The van der Waals surface area contributed by atoms with Gasteiger partial charge in [0.1, 0.15) is 6.61 Å². The minimum atomic E-state index is 0.123. The second-order valence-electron chi connectivity index (χ2n) is 8.02. The molecule has 5 heteroatoms. The van der Waals surface area contributed by atoms with Crippen molar-refractivity contribution in [2.24, 2.45) is 11.3 Å². The SMILES string of the molecule is O=C(COC[C@@]12CCO[C@@H]1CCN(CC1CC1)C2)N1CCCC1. The number of carbonyl (C=O) groups excluding carboxylic acids is 1. The highest BCUT2D eigenvalue weighted by atomic mass is 16.5. The van der Waals surface area contributed by atoms with Gasteiger partial charge in [0.2, 0.25) is 5.91 Å². The van der Waals surface area contributed by atoms with Crippen LogP contribution in [0.5, 0.6) is 0 Å². The van der Waals surface area contributed by atoms with Crippen molar-refractivity contribution in [3.8, 4) is 0 Å². The smallest absolute Gasteiger partial charge is 0.248 e. The van der Waals surface area contributed by atoms with E-state index < -0.39 is 0 Å². The van der Waals surface area contributed by atoms with E-state index in [1.54, 1.807) is 0 Å². The minimum absolute atomic E-state index is 0.123. The van der Waals surface area contributed by atoms with Crippen molar-refractivity contribution in [1.29, 1.82) is 0 Å². The molecule has 1 amide bonds. The van der Waals surface area contributed by atoms with Crippen LogP contribution in [0.4, 0.5) is 0 Å². The average Bonchev–Trinajstić information content (AvgIpc) is 3.04. The summed E-state index contributed by atoms with van der Waals surface area (Å²) in [5, 5.41) is 0. The molecule has 3 saturated heterocycles. The zero-order valence-electron chi connectivity index (χ0n) is 14.2. The number of hydrogen-bond donors (Lipinski definition) is 0. The van der Waals surface area contributed by atoms with E-state index >= 15 is 0 Å². The Balaban J connectivity index is 1.30. The summed E-state index contributed by atoms with van der Waals surface area (Å²) in [6.07, 6.45) is 7.63. The van der Waals surface area contributed by atoms with Gasteiger partial charge in [-0.15, -0.1) is 0 Å². The van der Waals surface area contributed by atoms with Crippen LogP contribution >= 0.6 is 0 Å². The minimum Gasteiger partial charge on any atom is -0.377 e. The zero-order chi connectivity index (χ0) is 15.7. The maximum atomic E-state index is 12.2. The van der Waals surface area contributed by atoms with Gasteiger partial charge in [-0.2, -0.15) is 0 Å². The maximum Gasteiger partial charge on any atom is 0.248 e. The first-order valence-corrected chi connectivity index (χ1v) is 9.45. The molecule has 4 rings (SSSR count). The molecule has 0 N–H and O–H groups in total. The van der Waals surface area contributed by atoms with Crippen molar-refractivity contribution in [2.45, 2.75) is 44.6 Å². The molecule has 23 heavy (non-hydrogen) atoms. The third-order valence-electron chi connectivity index (χ3n) is 6.14. The number of nitrogens with zero attached hydrogens (tertiary/aromatic N) is 2. The van der Waals surface area contributed by atoms with E-state index in [9.17, 15) is 4.79 Å². The highest BCUT2D eigenvalue weighted by Gasteiger charge is 2.48. The van der Waals surface area contributed by atoms with E-state index in [1.165, 1.54) is 19.4 Å². The van der Waals surface area contributed by atoms with E-state index in [-0.39, 0.29) is 17.9 Å². The Morgan fingerprint density at radius 2 is 2.00 bits per heavy atom. The van der Waals surface area contributed by atoms with Crippen LogP contribution in [0, 0.1) is 11.3 Å². The molecule has 0 aromatic heterocycles. The molecule has 1 saturated carbocycles. The molecule has 0 radical (unpaired) electrons. The molecule has 3 aliphatic heterocycles. The molecular weight excluding hydrogens is 292 g/mol. The number of likely N-dealkylation sites (tertiary alicyclic amines) is 2. The van der Waals surface area contributed by atoms with Crippen molar-refractivity contribution in [2.75, 3.05) is 52.5 Å². The lowest BCUT2D eigenvalue weighted by Gasteiger charge is -2.43. The van der Waals surface area contributed by atoms with Crippen LogP contribution in [0.3, 0.4) is 0 Å². The Labute approximate surface area is 139 Å². The maximum absolute atomic E-state index is 12.2. The summed E-state index contributed by atoms with van der Waals surface area (Å²) in [6.45, 7) is 7.10. The molecule has 1 aliphatic carbocycles. The van der Waals surface area contributed by atoms with Crippen LogP contribution in [-0.2, 0) is 14.3 Å². The number of fused-ring (bicyclic) bond motifs is 1. The normalized spacial score (nSPS) is 34.8. The molecule has 4 aliphatic rings. The number of amides is 1. The van der Waals surface area contributed by atoms with Gasteiger partial charge in [0.05, 0.1) is 12.7 Å². The van der Waals surface area contributed by atoms with Crippen LogP contribution in [0.25, 0.3) is 0 Å². The predicted octanol–water partition coefficient (Wildman–Crippen LogP) is 1.52. The molecule has 130 valence electrons. The molecule has 0 aromatic rings. The quantitative estimate of drug-likeness (QED) is 0.743. The monoisotopic (exact) mass is 322 g/mol. The standard InChI is InChI=1S/C18H30N2O3/c21-17(20-7-1-2-8-20)12-22-14-18-6-10-23-16(18)5-9-19(13-18)11-15-3-4-15/h15-16H,1-14H2/t16-,18+/m1/s1. The number of carbonyl (C=O) groups is 1. The van der Waals surface area contributed by atoms with Crippen LogP contribution in [0.15, 0.2) is 0 Å². The molecule has 2 atom stereocenters. The molecule has 5 nitrogen and oxygen atoms in total. The third-order valence-corrected chi connectivity index (χ3v) is 6.14. The number of ether oxygens (including phenoxy) is 2. The van der Waals surface area contributed by atoms with E-state index in [1.807, 2.05) is 4.90 Å². The second kappa shape index (κ2) is 6.69. The van der Waals surface area contributed by atoms with E-state index in [2.05, 4.69) is 4.90 Å². The first-order valence-electron chi connectivity index (χ1n) is 9.45. The van der Waals surface area contributed by atoms with Crippen molar-refractivity contribution in [1.82, 2.24) is 9.80 Å². The van der Waals surface area contributed by atoms with Crippen LogP contribution in [0.1, 0.15) is 38.5 Å². The van der Waals surface area contributed by atoms with Gasteiger partial charge >= 0.3 is 0 Å². The topological polar surface area (TPSA) is 42.0 Å². The Morgan fingerprint density at radius 3 is 2.78 bits per heavy atom. The summed E-state index contributed by atoms with van der Waals surface area (Å²) in [5.74, 6) is 1.10. The first kappa shape index (κ1) is 15.9. The van der Waals surface area contributed by atoms with Gasteiger partial charge in [-0.25, -0.2) is 0 Å². The van der Waals surface area contributed by atoms with Crippen LogP contribution < -0.4 is 0 Å². The van der Waals surface area contributed by atoms with Crippen molar-refractivity contribution in [3.05, 3.63) is 0 Å². The average molecular weight is 322 g/mol. The van der Waals surface area contributed by atoms with Gasteiger partial charge < -0.3 is 19.3 Å². The van der Waals surface area contributed by atoms with Gasteiger partial charge in [0.15, 0.2) is 0 Å². The Morgan fingerprint density at radius 1 is 1.17 bits per heavy atom. The number of rotatable bonds is 6. The Kier molecular flexibility index (Phi) is 4.61. The van der Waals surface area contributed by atoms with Crippen LogP contribution in [0.2, 0.25) is 0 Å².